The lowest BCUT2D eigenvalue weighted by Crippen LogP contribution is -2.41. The number of carbonyl (C=O) groups is 1. The normalized spacial score (nSPS) is 22.9. The Kier molecular flexibility index (Phi) is 4.83. The fourth-order valence-electron chi connectivity index (χ4n) is 5.09. The maximum atomic E-state index is 13.2. The molecule has 5 rings (SSSR count). The van der Waals surface area contributed by atoms with Gasteiger partial charge in [0.25, 0.3) is 0 Å². The zero-order valence-electron chi connectivity index (χ0n) is 17.9. The van der Waals surface area contributed by atoms with Gasteiger partial charge in [0.2, 0.25) is 5.88 Å². The molecule has 0 bridgehead atoms. The Morgan fingerprint density at radius 2 is 1.97 bits per heavy atom. The van der Waals surface area contributed by atoms with Crippen LogP contribution in [0.5, 0.6) is 5.88 Å². The number of amides is 2. The lowest BCUT2D eigenvalue weighted by molar-refractivity contribution is 0.111. The molecule has 2 aliphatic carbocycles. The summed E-state index contributed by atoms with van der Waals surface area (Å²) in [7, 11) is -1.69. The van der Waals surface area contributed by atoms with Crippen molar-refractivity contribution >= 4 is 21.6 Å². The minimum atomic E-state index is -3.52. The molecule has 166 valence electrons. The van der Waals surface area contributed by atoms with Gasteiger partial charge in [-0.1, -0.05) is 6.07 Å². The molecule has 2 heterocycles. The molecule has 0 radical (unpaired) electrons. The number of hydrogen-bond donors (Lipinski definition) is 3. The smallest absolute Gasteiger partial charge is 0.354 e. The summed E-state index contributed by atoms with van der Waals surface area (Å²) >= 11 is 0. The third kappa shape index (κ3) is 3.52. The van der Waals surface area contributed by atoms with Crippen LogP contribution in [-0.4, -0.2) is 39.2 Å². The van der Waals surface area contributed by atoms with Crippen LogP contribution in [0.2, 0.25) is 0 Å². The Morgan fingerprint density at radius 1 is 1.29 bits per heavy atom. The van der Waals surface area contributed by atoms with Gasteiger partial charge in [-0.25, -0.2) is 18.8 Å². The Bertz CT molecular complexity index is 1160. The highest BCUT2D eigenvalue weighted by atomic mass is 32.2. The molecule has 1 aliphatic heterocycles. The molecule has 0 spiro atoms. The zero-order valence-corrected chi connectivity index (χ0v) is 18.7. The van der Waals surface area contributed by atoms with E-state index < -0.39 is 21.5 Å². The lowest BCUT2D eigenvalue weighted by atomic mass is 9.99. The third-order valence-corrected chi connectivity index (χ3v) is 7.72. The molecule has 3 aliphatic rings. The molecule has 1 aromatic heterocycles. The van der Waals surface area contributed by atoms with E-state index in [0.717, 1.165) is 44.2 Å². The number of likely N-dealkylation sites (N-methyl/N-ethyl adjacent to an activating group) is 1. The van der Waals surface area contributed by atoms with E-state index in [0.29, 0.717) is 19.0 Å². The molecule has 9 nitrogen and oxygen atoms in total. The summed E-state index contributed by atoms with van der Waals surface area (Å²) in [5.74, 6) is 0.309. The standard InChI is InChI=1S/C21H28N6O3S/c1-21(11-23-2)12-27-19(30-21)17(10-24-27)31(22,29)26-20(28)25-18-15-7-3-5-13(15)9-14-6-4-8-16(14)18/h9-10,23H,3-8,11-12H2,1-2H3,(H3,22,25,26,28,29). The van der Waals surface area contributed by atoms with E-state index in [2.05, 4.69) is 26.2 Å². The number of urea groups is 1. The van der Waals surface area contributed by atoms with Crippen molar-refractivity contribution in [3.8, 4) is 5.88 Å². The maximum absolute atomic E-state index is 13.2. The number of nitrogens with one attached hydrogen (secondary N) is 2. The van der Waals surface area contributed by atoms with E-state index in [4.69, 9.17) is 9.88 Å². The Labute approximate surface area is 182 Å². The first-order valence-electron chi connectivity index (χ1n) is 10.7. The van der Waals surface area contributed by atoms with Crippen LogP contribution in [0.4, 0.5) is 10.5 Å². The summed E-state index contributed by atoms with van der Waals surface area (Å²) in [6, 6.07) is 1.59. The molecule has 2 aromatic rings. The molecule has 0 fully saturated rings. The van der Waals surface area contributed by atoms with Gasteiger partial charge in [0, 0.05) is 12.2 Å². The van der Waals surface area contributed by atoms with Crippen LogP contribution in [0.25, 0.3) is 0 Å². The first kappa shape index (κ1) is 20.5. The molecule has 31 heavy (non-hydrogen) atoms. The number of aryl methyl sites for hydroxylation is 2. The third-order valence-electron chi connectivity index (χ3n) is 6.38. The van der Waals surface area contributed by atoms with E-state index >= 15 is 0 Å². The molecule has 10 heteroatoms. The topological polar surface area (TPSA) is 124 Å². The van der Waals surface area contributed by atoms with Crippen LogP contribution in [0.15, 0.2) is 21.5 Å². The average Bonchev–Trinajstić information content (AvgIpc) is 3.43. The number of anilines is 1. The summed E-state index contributed by atoms with van der Waals surface area (Å²) in [6.45, 7) is 3.01. The van der Waals surface area contributed by atoms with Crippen LogP contribution < -0.4 is 20.5 Å². The van der Waals surface area contributed by atoms with Crippen LogP contribution >= 0.6 is 0 Å². The Balaban J connectivity index is 1.45. The van der Waals surface area contributed by atoms with Gasteiger partial charge in [0.05, 0.1) is 12.7 Å². The fourth-order valence-corrected chi connectivity index (χ4v) is 6.08. The van der Waals surface area contributed by atoms with Gasteiger partial charge in [0.15, 0.2) is 9.92 Å². The quantitative estimate of drug-likeness (QED) is 0.667. The van der Waals surface area contributed by atoms with Crippen LogP contribution in [0.3, 0.4) is 0 Å². The average molecular weight is 445 g/mol. The van der Waals surface area contributed by atoms with Crippen molar-refractivity contribution in [2.24, 2.45) is 9.50 Å². The molecule has 2 atom stereocenters. The van der Waals surface area contributed by atoms with E-state index in [1.165, 1.54) is 28.5 Å². The first-order valence-corrected chi connectivity index (χ1v) is 12.3. The number of nitrogens with zero attached hydrogens (tertiary/aromatic N) is 3. The minimum Gasteiger partial charge on any atom is -0.467 e. The van der Waals surface area contributed by atoms with Crippen LogP contribution in [0.1, 0.15) is 42.0 Å². The predicted molar refractivity (Wildman–Crippen MR) is 118 cm³/mol. The number of benzene rings is 1. The first-order chi connectivity index (χ1) is 14.8. The number of aromatic nitrogens is 2. The second-order valence-corrected chi connectivity index (χ2v) is 10.6. The van der Waals surface area contributed by atoms with Gasteiger partial charge in [-0.05, 0) is 74.8 Å². The molecule has 0 saturated heterocycles. The van der Waals surface area contributed by atoms with Gasteiger partial charge in [0.1, 0.15) is 10.5 Å². The SMILES string of the molecule is CNCC1(C)Cn2ncc(S(N)(=O)=NC(=O)Nc3c4c(cc5c3CCC5)CCC4)c2O1. The van der Waals surface area contributed by atoms with Gasteiger partial charge < -0.3 is 15.4 Å². The van der Waals surface area contributed by atoms with Gasteiger partial charge in [-0.3, -0.25) is 0 Å². The van der Waals surface area contributed by atoms with Crippen LogP contribution in [-0.2, 0) is 42.1 Å². The summed E-state index contributed by atoms with van der Waals surface area (Å²) < 4.78 is 24.7. The Hall–Kier alpha value is -2.43. The molecular weight excluding hydrogens is 416 g/mol. The molecule has 1 aromatic carbocycles. The summed E-state index contributed by atoms with van der Waals surface area (Å²) in [5, 5.41) is 16.3. The van der Waals surface area contributed by atoms with Crippen molar-refractivity contribution < 1.29 is 13.7 Å². The summed E-state index contributed by atoms with van der Waals surface area (Å²) in [5.41, 5.74) is 5.29. The number of fused-ring (bicyclic) bond motifs is 3. The molecular formula is C21H28N6O3S. The van der Waals surface area contributed by atoms with E-state index in [-0.39, 0.29) is 4.90 Å². The largest absolute Gasteiger partial charge is 0.467 e. The predicted octanol–water partition coefficient (Wildman–Crippen LogP) is 2.16. The summed E-state index contributed by atoms with van der Waals surface area (Å²) in [6.07, 6.45) is 7.47. The zero-order chi connectivity index (χ0) is 21.8. The van der Waals surface area contributed by atoms with Gasteiger partial charge >= 0.3 is 6.03 Å². The van der Waals surface area contributed by atoms with Crippen molar-refractivity contribution in [1.82, 2.24) is 15.1 Å². The fraction of sp³-hybridized carbons (Fsp3) is 0.524. The molecule has 4 N–H and O–H groups in total. The second kappa shape index (κ2) is 7.32. The highest BCUT2D eigenvalue weighted by molar-refractivity contribution is 7.91. The van der Waals surface area contributed by atoms with Crippen molar-refractivity contribution in [3.63, 3.8) is 0 Å². The molecule has 2 unspecified atom stereocenters. The number of rotatable bonds is 4. The molecule has 0 saturated carbocycles. The van der Waals surface area contributed by atoms with Crippen LogP contribution in [0, 0.1) is 0 Å². The van der Waals surface area contributed by atoms with Gasteiger partial charge in [-0.2, -0.15) is 5.10 Å². The van der Waals surface area contributed by atoms with E-state index in [1.54, 1.807) is 4.68 Å². The second-order valence-electron chi connectivity index (χ2n) is 8.88. The molecule has 2 amide bonds. The van der Waals surface area contributed by atoms with Crippen molar-refractivity contribution in [2.75, 3.05) is 18.9 Å². The van der Waals surface area contributed by atoms with E-state index in [1.807, 2.05) is 14.0 Å². The van der Waals surface area contributed by atoms with Crippen molar-refractivity contribution in [1.29, 1.82) is 0 Å². The number of carbonyl (C=O) groups excluding carboxylic acids is 1. The monoisotopic (exact) mass is 444 g/mol. The van der Waals surface area contributed by atoms with Crippen molar-refractivity contribution in [2.45, 2.75) is 62.5 Å². The number of nitrogens with two attached hydrogens (primary N) is 1. The van der Waals surface area contributed by atoms with Crippen molar-refractivity contribution in [3.05, 3.63) is 34.5 Å². The highest BCUT2D eigenvalue weighted by Crippen LogP contribution is 2.39. The Morgan fingerprint density at radius 3 is 2.61 bits per heavy atom. The number of hydrogen-bond acceptors (Lipinski definition) is 5. The highest BCUT2D eigenvalue weighted by Gasteiger charge is 2.38. The lowest BCUT2D eigenvalue weighted by Gasteiger charge is -2.22. The maximum Gasteiger partial charge on any atom is 0.354 e. The minimum absolute atomic E-state index is 0.144. The number of ether oxygens (including phenoxy) is 1. The summed E-state index contributed by atoms with van der Waals surface area (Å²) in [4.78, 5) is 13.0. The van der Waals surface area contributed by atoms with E-state index in [9.17, 15) is 9.00 Å². The van der Waals surface area contributed by atoms with Gasteiger partial charge in [-0.15, -0.1) is 4.36 Å².